The van der Waals surface area contributed by atoms with Crippen molar-refractivity contribution >= 4 is 23.4 Å². The summed E-state index contributed by atoms with van der Waals surface area (Å²) in [6.07, 6.45) is 0.662. The van der Waals surface area contributed by atoms with Crippen LogP contribution in [0.4, 0.5) is 0 Å². The molecule has 1 amide bonds. The van der Waals surface area contributed by atoms with E-state index in [4.69, 9.17) is 9.47 Å². The van der Waals surface area contributed by atoms with Gasteiger partial charge in [0, 0.05) is 23.4 Å². The minimum Gasteiger partial charge on any atom is -0.507 e. The second-order valence-corrected chi connectivity index (χ2v) is 8.73. The van der Waals surface area contributed by atoms with Crippen molar-refractivity contribution in [3.63, 3.8) is 0 Å². The summed E-state index contributed by atoms with van der Waals surface area (Å²) < 4.78 is 10.4. The highest BCUT2D eigenvalue weighted by molar-refractivity contribution is 6.46. The third-order valence-corrected chi connectivity index (χ3v) is 6.81. The van der Waals surface area contributed by atoms with Crippen molar-refractivity contribution < 1.29 is 29.0 Å². The fraction of sp³-hybridized carbons (Fsp3) is 0.444. The van der Waals surface area contributed by atoms with Crippen molar-refractivity contribution in [1.82, 2.24) is 14.8 Å². The number of nitrogens with one attached hydrogen (secondary N) is 1. The zero-order valence-corrected chi connectivity index (χ0v) is 21.8. The summed E-state index contributed by atoms with van der Waals surface area (Å²) in [5.41, 5.74) is 1.96. The fourth-order valence-corrected chi connectivity index (χ4v) is 4.88. The number of likely N-dealkylation sites (tertiary alicyclic amines) is 1. The van der Waals surface area contributed by atoms with Crippen LogP contribution in [0.1, 0.15) is 59.2 Å². The second kappa shape index (κ2) is 11.4. The lowest BCUT2D eigenvalue weighted by Crippen LogP contribution is -2.33. The molecule has 1 aliphatic heterocycles. The zero-order chi connectivity index (χ0) is 26.6. The molecular formula is C27H35N3O6. The van der Waals surface area contributed by atoms with Crippen LogP contribution in [0, 0.1) is 13.8 Å². The Bertz CT molecular complexity index is 1180. The van der Waals surface area contributed by atoms with E-state index in [1.807, 2.05) is 0 Å². The number of aliphatic hydroxyl groups excluding tert-OH is 1. The summed E-state index contributed by atoms with van der Waals surface area (Å²) in [4.78, 5) is 45.5. The van der Waals surface area contributed by atoms with Gasteiger partial charge in [-0.3, -0.25) is 9.59 Å². The van der Waals surface area contributed by atoms with E-state index < -0.39 is 23.7 Å². The number of ketones is 1. The number of carbonyl (C=O) groups excluding carboxylic acids is 3. The molecule has 1 aromatic heterocycles. The van der Waals surface area contributed by atoms with Crippen molar-refractivity contribution in [2.24, 2.45) is 0 Å². The Morgan fingerprint density at radius 3 is 2.42 bits per heavy atom. The van der Waals surface area contributed by atoms with Crippen LogP contribution in [0.25, 0.3) is 5.76 Å². The monoisotopic (exact) mass is 497 g/mol. The van der Waals surface area contributed by atoms with Gasteiger partial charge in [0.05, 0.1) is 25.8 Å². The molecule has 0 spiro atoms. The number of carbonyl (C=O) groups is 3. The number of aliphatic hydroxyl groups is 1. The Labute approximate surface area is 211 Å². The van der Waals surface area contributed by atoms with E-state index in [0.29, 0.717) is 41.1 Å². The highest BCUT2D eigenvalue weighted by Gasteiger charge is 2.47. The zero-order valence-electron chi connectivity index (χ0n) is 21.8. The average molecular weight is 498 g/mol. The van der Waals surface area contributed by atoms with Crippen LogP contribution in [0.3, 0.4) is 0 Å². The molecule has 194 valence electrons. The molecule has 2 heterocycles. The van der Waals surface area contributed by atoms with Gasteiger partial charge in [0.1, 0.15) is 17.2 Å². The van der Waals surface area contributed by atoms with Crippen LogP contribution in [0.15, 0.2) is 29.8 Å². The first-order chi connectivity index (χ1) is 17.2. The first-order valence-electron chi connectivity index (χ1n) is 12.1. The molecule has 0 bridgehead atoms. The van der Waals surface area contributed by atoms with Gasteiger partial charge in [0.15, 0.2) is 0 Å². The maximum Gasteiger partial charge on any atom is 0.354 e. The van der Waals surface area contributed by atoms with Gasteiger partial charge < -0.3 is 29.4 Å². The molecule has 0 unspecified atom stereocenters. The number of methoxy groups -OCH3 is 2. The summed E-state index contributed by atoms with van der Waals surface area (Å²) in [7, 11) is 2.79. The Hall–Kier alpha value is -3.59. The number of nitrogens with zero attached hydrogens (tertiary/aromatic N) is 2. The quantitative estimate of drug-likeness (QED) is 0.223. The topological polar surface area (TPSA) is 112 Å². The van der Waals surface area contributed by atoms with E-state index in [0.717, 1.165) is 19.6 Å². The lowest BCUT2D eigenvalue weighted by atomic mass is 9.93. The number of ether oxygens (including phenoxy) is 2. The van der Waals surface area contributed by atoms with E-state index in [9.17, 15) is 19.5 Å². The molecule has 0 saturated carbocycles. The van der Waals surface area contributed by atoms with Gasteiger partial charge >= 0.3 is 5.97 Å². The summed E-state index contributed by atoms with van der Waals surface area (Å²) in [5, 5.41) is 11.5. The first kappa shape index (κ1) is 27.0. The number of para-hydroxylation sites is 1. The molecule has 1 aromatic carbocycles. The van der Waals surface area contributed by atoms with Gasteiger partial charge in [-0.2, -0.15) is 0 Å². The van der Waals surface area contributed by atoms with Gasteiger partial charge in [-0.05, 0) is 51.5 Å². The molecular weight excluding hydrogens is 462 g/mol. The van der Waals surface area contributed by atoms with E-state index in [-0.39, 0.29) is 17.0 Å². The van der Waals surface area contributed by atoms with Crippen molar-refractivity contribution in [3.8, 4) is 5.75 Å². The predicted molar refractivity (Wildman–Crippen MR) is 136 cm³/mol. The number of benzene rings is 1. The van der Waals surface area contributed by atoms with Gasteiger partial charge in [-0.15, -0.1) is 0 Å². The van der Waals surface area contributed by atoms with E-state index in [1.54, 1.807) is 38.1 Å². The summed E-state index contributed by atoms with van der Waals surface area (Å²) in [5.74, 6) is -1.87. The van der Waals surface area contributed by atoms with E-state index in [1.165, 1.54) is 19.1 Å². The SMILES string of the molecule is CCN(CC)CCCN1C(=O)C(=O)C(=C(O)c2c(C)[nH]c(C(=O)OC)c2C)[C@@H]1c1ccccc1OC. The van der Waals surface area contributed by atoms with Crippen molar-refractivity contribution in [1.29, 1.82) is 0 Å². The van der Waals surface area contributed by atoms with Gasteiger partial charge in [0.2, 0.25) is 0 Å². The second-order valence-electron chi connectivity index (χ2n) is 8.73. The number of aromatic nitrogens is 1. The standard InChI is InChI=1S/C27H35N3O6/c1-7-29(8-2)14-11-15-30-23(18-12-9-10-13-19(18)35-5)21(25(32)26(30)33)24(31)20-16(3)22(27(34)36-6)28-17(20)4/h9-10,12-13,23,28,31H,7-8,11,14-15H2,1-6H3/t23-/m0/s1. The van der Waals surface area contributed by atoms with Gasteiger partial charge in [-0.25, -0.2) is 4.79 Å². The predicted octanol–water partition coefficient (Wildman–Crippen LogP) is 3.58. The van der Waals surface area contributed by atoms with Crippen LogP contribution in [0.2, 0.25) is 0 Å². The third-order valence-electron chi connectivity index (χ3n) is 6.81. The molecule has 0 radical (unpaired) electrons. The maximum absolute atomic E-state index is 13.4. The van der Waals surface area contributed by atoms with Crippen molar-refractivity contribution in [2.45, 2.75) is 40.2 Å². The maximum atomic E-state index is 13.4. The molecule has 1 fully saturated rings. The normalized spacial score (nSPS) is 17.2. The summed E-state index contributed by atoms with van der Waals surface area (Å²) in [6.45, 7) is 10.4. The molecule has 2 aromatic rings. The molecule has 1 saturated heterocycles. The highest BCUT2D eigenvalue weighted by Crippen LogP contribution is 2.43. The lowest BCUT2D eigenvalue weighted by Gasteiger charge is -2.27. The number of aromatic amines is 1. The molecule has 1 aliphatic rings. The van der Waals surface area contributed by atoms with E-state index >= 15 is 0 Å². The molecule has 0 aliphatic carbocycles. The van der Waals surface area contributed by atoms with Crippen molar-refractivity contribution in [2.75, 3.05) is 40.4 Å². The Morgan fingerprint density at radius 2 is 1.81 bits per heavy atom. The number of hydrogen-bond acceptors (Lipinski definition) is 7. The number of H-pyrrole nitrogens is 1. The molecule has 1 atom stereocenters. The minimum atomic E-state index is -0.840. The third kappa shape index (κ3) is 4.88. The first-order valence-corrected chi connectivity index (χ1v) is 12.1. The number of amides is 1. The van der Waals surface area contributed by atoms with Gasteiger partial charge in [-0.1, -0.05) is 32.0 Å². The van der Waals surface area contributed by atoms with Crippen molar-refractivity contribution in [3.05, 3.63) is 57.9 Å². The molecule has 3 rings (SSSR count). The number of hydrogen-bond donors (Lipinski definition) is 2. The largest absolute Gasteiger partial charge is 0.507 e. The highest BCUT2D eigenvalue weighted by atomic mass is 16.5. The number of rotatable bonds is 10. The number of aryl methyl sites for hydroxylation is 1. The van der Waals surface area contributed by atoms with Crippen LogP contribution in [0.5, 0.6) is 5.75 Å². The lowest BCUT2D eigenvalue weighted by molar-refractivity contribution is -0.140. The minimum absolute atomic E-state index is 0.0334. The summed E-state index contributed by atoms with van der Waals surface area (Å²) in [6, 6.07) is 6.31. The van der Waals surface area contributed by atoms with Crippen LogP contribution in [-0.2, 0) is 14.3 Å². The molecule has 2 N–H and O–H groups in total. The van der Waals surface area contributed by atoms with Crippen LogP contribution >= 0.6 is 0 Å². The smallest absolute Gasteiger partial charge is 0.354 e. The molecule has 9 nitrogen and oxygen atoms in total. The molecule has 9 heteroatoms. The van der Waals surface area contributed by atoms with E-state index in [2.05, 4.69) is 23.7 Å². The summed E-state index contributed by atoms with van der Waals surface area (Å²) >= 11 is 0. The Kier molecular flexibility index (Phi) is 8.57. The van der Waals surface area contributed by atoms with Gasteiger partial charge in [0.25, 0.3) is 11.7 Å². The average Bonchev–Trinajstić information content (AvgIpc) is 3.32. The van der Waals surface area contributed by atoms with Crippen LogP contribution in [-0.4, -0.2) is 77.9 Å². The Balaban J connectivity index is 2.16. The number of esters is 1. The number of Topliss-reactive ketones (excluding diaryl/α,β-unsaturated/α-hetero) is 1. The van der Waals surface area contributed by atoms with Crippen LogP contribution < -0.4 is 4.74 Å². The fourth-order valence-electron chi connectivity index (χ4n) is 4.88. The molecule has 36 heavy (non-hydrogen) atoms. The Morgan fingerprint density at radius 1 is 1.14 bits per heavy atom.